The van der Waals surface area contributed by atoms with E-state index in [-0.39, 0.29) is 0 Å². The Kier molecular flexibility index (Phi) is 3.59. The number of esters is 1. The first-order valence-electron chi connectivity index (χ1n) is 4.09. The molecule has 0 unspecified atom stereocenters. The van der Waals surface area contributed by atoms with E-state index in [4.69, 9.17) is 11.6 Å². The molecule has 1 aromatic carbocycles. The van der Waals surface area contributed by atoms with Crippen molar-refractivity contribution in [2.45, 2.75) is 0 Å². The number of hydrogen-bond acceptors (Lipinski definition) is 6. The number of carbonyl (C=O) groups excluding carboxylic acids is 1. The lowest BCUT2D eigenvalue weighted by Gasteiger charge is -2.02. The quantitative estimate of drug-likeness (QED) is 0.466. The van der Waals surface area contributed by atoms with E-state index in [0.717, 1.165) is 19.2 Å². The van der Waals surface area contributed by atoms with Crippen molar-refractivity contribution >= 4 is 28.9 Å². The molecule has 90 valence electrons. The first kappa shape index (κ1) is 12.8. The summed E-state index contributed by atoms with van der Waals surface area (Å²) in [6.45, 7) is 0. The zero-order valence-corrected chi connectivity index (χ0v) is 9.13. The van der Waals surface area contributed by atoms with Crippen LogP contribution in [-0.4, -0.2) is 22.9 Å². The normalized spacial score (nSPS) is 9.76. The Hall–Kier alpha value is -2.22. The van der Waals surface area contributed by atoms with Crippen molar-refractivity contribution in [1.29, 1.82) is 0 Å². The molecule has 0 aromatic heterocycles. The second-order valence-electron chi connectivity index (χ2n) is 2.80. The third-order valence-electron chi connectivity index (χ3n) is 1.87. The maximum atomic E-state index is 11.2. The lowest BCUT2D eigenvalue weighted by molar-refractivity contribution is -0.422. The number of nitro benzene ring substituents is 2. The molecule has 0 aliphatic rings. The maximum Gasteiger partial charge on any atom is 0.365 e. The van der Waals surface area contributed by atoms with Gasteiger partial charge in [-0.15, -0.1) is 0 Å². The highest BCUT2D eigenvalue weighted by atomic mass is 35.5. The van der Waals surface area contributed by atoms with Crippen LogP contribution in [0.1, 0.15) is 10.4 Å². The van der Waals surface area contributed by atoms with E-state index >= 15 is 0 Å². The summed E-state index contributed by atoms with van der Waals surface area (Å²) < 4.78 is 4.29. The van der Waals surface area contributed by atoms with Gasteiger partial charge in [0.25, 0.3) is 0 Å². The van der Waals surface area contributed by atoms with Crippen molar-refractivity contribution in [1.82, 2.24) is 0 Å². The predicted octanol–water partition coefficient (Wildman–Crippen LogP) is 1.94. The zero-order chi connectivity index (χ0) is 13.2. The van der Waals surface area contributed by atoms with Gasteiger partial charge in [0.2, 0.25) is 0 Å². The standard InChI is InChI=1S/C8H5ClN2O6/c1-17-8(12)4-2-3-5(9)7(11(15)16)6(4)10(13)14/h2-3H,1H3. The maximum absolute atomic E-state index is 11.2. The van der Waals surface area contributed by atoms with Crippen LogP contribution < -0.4 is 0 Å². The van der Waals surface area contributed by atoms with Gasteiger partial charge in [0.1, 0.15) is 10.6 Å². The lowest BCUT2D eigenvalue weighted by Crippen LogP contribution is -2.08. The molecule has 0 saturated carbocycles. The minimum absolute atomic E-state index is 0.422. The van der Waals surface area contributed by atoms with E-state index in [1.807, 2.05) is 0 Å². The Balaban J connectivity index is 3.65. The average molecular weight is 261 g/mol. The number of hydrogen-bond donors (Lipinski definition) is 0. The Morgan fingerprint density at radius 2 is 1.76 bits per heavy atom. The number of nitro groups is 2. The molecule has 0 N–H and O–H groups in total. The smallest absolute Gasteiger partial charge is 0.365 e. The number of benzene rings is 1. The first-order valence-corrected chi connectivity index (χ1v) is 4.47. The number of rotatable bonds is 3. The summed E-state index contributed by atoms with van der Waals surface area (Å²) in [5, 5.41) is 21.0. The van der Waals surface area contributed by atoms with Crippen LogP contribution in [0.25, 0.3) is 0 Å². The fraction of sp³-hybridized carbons (Fsp3) is 0.125. The second-order valence-corrected chi connectivity index (χ2v) is 3.21. The van der Waals surface area contributed by atoms with Crippen molar-refractivity contribution < 1.29 is 19.4 Å². The number of methoxy groups -OCH3 is 1. The largest absolute Gasteiger partial charge is 0.465 e. The van der Waals surface area contributed by atoms with Crippen molar-refractivity contribution in [2.75, 3.05) is 7.11 Å². The Bertz CT molecular complexity index is 515. The van der Waals surface area contributed by atoms with Crippen molar-refractivity contribution in [3.8, 4) is 0 Å². The molecule has 8 nitrogen and oxygen atoms in total. The zero-order valence-electron chi connectivity index (χ0n) is 8.38. The molecule has 0 radical (unpaired) electrons. The fourth-order valence-electron chi connectivity index (χ4n) is 1.19. The topological polar surface area (TPSA) is 113 Å². The van der Waals surface area contributed by atoms with Crippen LogP contribution in [0, 0.1) is 20.2 Å². The number of ether oxygens (including phenoxy) is 1. The molecule has 0 heterocycles. The molecule has 1 aromatic rings. The molecule has 0 amide bonds. The molecule has 0 bridgehead atoms. The van der Waals surface area contributed by atoms with E-state index in [0.29, 0.717) is 0 Å². The van der Waals surface area contributed by atoms with Crippen molar-refractivity contribution in [3.05, 3.63) is 42.9 Å². The summed E-state index contributed by atoms with van der Waals surface area (Å²) in [6, 6.07) is 2.03. The van der Waals surface area contributed by atoms with Gasteiger partial charge in [-0.2, -0.15) is 0 Å². The van der Waals surface area contributed by atoms with Gasteiger partial charge in [0.05, 0.1) is 17.0 Å². The van der Waals surface area contributed by atoms with Crippen LogP contribution >= 0.6 is 11.6 Å². The highest BCUT2D eigenvalue weighted by Crippen LogP contribution is 2.37. The van der Waals surface area contributed by atoms with Crippen molar-refractivity contribution in [3.63, 3.8) is 0 Å². The Morgan fingerprint density at radius 1 is 1.24 bits per heavy atom. The molecular weight excluding hydrogens is 256 g/mol. The molecule has 1 rings (SSSR count). The number of carbonyl (C=O) groups is 1. The minimum atomic E-state index is -1.05. The van der Waals surface area contributed by atoms with Gasteiger partial charge in [-0.25, -0.2) is 4.79 Å². The van der Waals surface area contributed by atoms with E-state index in [1.54, 1.807) is 0 Å². The van der Waals surface area contributed by atoms with Gasteiger partial charge in [-0.1, -0.05) is 11.6 Å². The summed E-state index contributed by atoms with van der Waals surface area (Å²) in [5.41, 5.74) is -2.43. The summed E-state index contributed by atoms with van der Waals surface area (Å²) in [6.07, 6.45) is 0. The van der Waals surface area contributed by atoms with Crippen LogP contribution in [-0.2, 0) is 4.74 Å². The molecule has 9 heteroatoms. The van der Waals surface area contributed by atoms with Crippen LogP contribution in [0.3, 0.4) is 0 Å². The van der Waals surface area contributed by atoms with E-state index in [9.17, 15) is 25.0 Å². The summed E-state index contributed by atoms with van der Waals surface area (Å²) in [4.78, 5) is 30.6. The van der Waals surface area contributed by atoms with Gasteiger partial charge in [0.15, 0.2) is 0 Å². The molecule has 0 aliphatic carbocycles. The van der Waals surface area contributed by atoms with Gasteiger partial charge in [0, 0.05) is 0 Å². The molecule has 0 fully saturated rings. The van der Waals surface area contributed by atoms with E-state index < -0.39 is 37.8 Å². The third kappa shape index (κ3) is 2.31. The van der Waals surface area contributed by atoms with Crippen LogP contribution in [0.5, 0.6) is 0 Å². The molecule has 0 saturated heterocycles. The highest BCUT2D eigenvalue weighted by molar-refractivity contribution is 6.33. The van der Waals surface area contributed by atoms with Crippen LogP contribution in [0.2, 0.25) is 5.02 Å². The first-order chi connectivity index (χ1) is 7.90. The molecular formula is C8H5ClN2O6. The van der Waals surface area contributed by atoms with Gasteiger partial charge >= 0.3 is 17.3 Å². The van der Waals surface area contributed by atoms with Crippen molar-refractivity contribution in [2.24, 2.45) is 0 Å². The van der Waals surface area contributed by atoms with E-state index in [1.165, 1.54) is 0 Å². The monoisotopic (exact) mass is 260 g/mol. The van der Waals surface area contributed by atoms with Gasteiger partial charge in [-0.3, -0.25) is 20.2 Å². The average Bonchev–Trinajstić information content (AvgIpc) is 2.26. The minimum Gasteiger partial charge on any atom is -0.465 e. The van der Waals surface area contributed by atoms with E-state index in [2.05, 4.69) is 4.74 Å². The summed E-state index contributed by atoms with van der Waals surface area (Å²) in [5.74, 6) is -1.04. The van der Waals surface area contributed by atoms with Gasteiger partial charge in [-0.05, 0) is 12.1 Å². The predicted molar refractivity (Wildman–Crippen MR) is 56.1 cm³/mol. The molecule has 17 heavy (non-hydrogen) atoms. The Labute approximate surface area is 99.0 Å². The third-order valence-corrected chi connectivity index (χ3v) is 2.18. The summed E-state index contributed by atoms with van der Waals surface area (Å²) >= 11 is 5.49. The fourth-order valence-corrected chi connectivity index (χ4v) is 1.41. The lowest BCUT2D eigenvalue weighted by atomic mass is 10.1. The molecule has 0 atom stereocenters. The number of halogens is 1. The second kappa shape index (κ2) is 4.74. The number of nitrogens with zero attached hydrogens (tertiary/aromatic N) is 2. The highest BCUT2D eigenvalue weighted by Gasteiger charge is 2.35. The van der Waals surface area contributed by atoms with Crippen LogP contribution in [0.4, 0.5) is 11.4 Å². The Morgan fingerprint density at radius 3 is 2.18 bits per heavy atom. The summed E-state index contributed by atoms with van der Waals surface area (Å²) in [7, 11) is 1.01. The van der Waals surface area contributed by atoms with Gasteiger partial charge < -0.3 is 4.74 Å². The van der Waals surface area contributed by atoms with Crippen LogP contribution in [0.15, 0.2) is 12.1 Å². The molecule has 0 aliphatic heterocycles. The molecule has 0 spiro atoms. The SMILES string of the molecule is COC(=O)c1ccc(Cl)c([N+](=O)[O-])c1[N+](=O)[O-].